The predicted octanol–water partition coefficient (Wildman–Crippen LogP) is 11.9. The van der Waals surface area contributed by atoms with Gasteiger partial charge in [-0.25, -0.2) is 4.57 Å². The van der Waals surface area contributed by atoms with Crippen molar-refractivity contribution in [2.24, 2.45) is 0 Å². The number of phosphoric acid groups is 1. The van der Waals surface area contributed by atoms with Crippen LogP contribution in [0, 0.1) is 0 Å². The molecule has 0 bridgehead atoms. The van der Waals surface area contributed by atoms with Gasteiger partial charge in [-0.1, -0.05) is 153 Å². The third kappa shape index (κ3) is 40.4. The van der Waals surface area contributed by atoms with E-state index in [1.807, 2.05) is 0 Å². The summed E-state index contributed by atoms with van der Waals surface area (Å²) >= 11 is 0. The lowest BCUT2D eigenvalue weighted by Gasteiger charge is -2.20. The second-order valence-corrected chi connectivity index (χ2v) is 16.5. The average Bonchev–Trinajstić information content (AvgIpc) is 3.19. The summed E-state index contributed by atoms with van der Waals surface area (Å²) in [6.45, 7) is 2.34. The minimum Gasteiger partial charge on any atom is -0.462 e. The Hall–Kier alpha value is -1.81. The van der Waals surface area contributed by atoms with Crippen molar-refractivity contribution in [1.82, 2.24) is 0 Å². The summed E-state index contributed by atoms with van der Waals surface area (Å²) in [6, 6.07) is 0. The van der Waals surface area contributed by atoms with Gasteiger partial charge in [-0.05, 0) is 70.6 Å². The second kappa shape index (κ2) is 41.4. The van der Waals surface area contributed by atoms with E-state index in [-0.39, 0.29) is 19.4 Å². The summed E-state index contributed by atoms with van der Waals surface area (Å²) in [5.41, 5.74) is 0. The van der Waals surface area contributed by atoms with Gasteiger partial charge in [0.05, 0.1) is 19.8 Å². The zero-order valence-corrected chi connectivity index (χ0v) is 36.5. The highest BCUT2D eigenvalue weighted by Crippen LogP contribution is 2.43. The summed E-state index contributed by atoms with van der Waals surface area (Å²) in [5, 5.41) is 18.3. The highest BCUT2D eigenvalue weighted by molar-refractivity contribution is 7.47. The number of allylic oxidation sites excluding steroid dienone is 6. The average molecular weight is 815 g/mol. The van der Waals surface area contributed by atoms with E-state index in [2.05, 4.69) is 50.3 Å². The van der Waals surface area contributed by atoms with Crippen LogP contribution in [-0.2, 0) is 32.7 Å². The van der Waals surface area contributed by atoms with Crippen LogP contribution in [0.25, 0.3) is 0 Å². The smallest absolute Gasteiger partial charge is 0.462 e. The number of hydrogen-bond donors (Lipinski definition) is 3. The molecule has 3 atom stereocenters. The predicted molar refractivity (Wildman–Crippen MR) is 228 cm³/mol. The number of esters is 2. The van der Waals surface area contributed by atoms with Crippen molar-refractivity contribution in [2.75, 3.05) is 26.4 Å². The number of rotatable bonds is 42. The third-order valence-electron chi connectivity index (χ3n) is 9.52. The molecule has 11 heteroatoms. The van der Waals surface area contributed by atoms with Crippen molar-refractivity contribution in [1.29, 1.82) is 0 Å². The van der Waals surface area contributed by atoms with Gasteiger partial charge >= 0.3 is 19.8 Å². The highest BCUT2D eigenvalue weighted by atomic mass is 31.2. The molecular weight excluding hydrogens is 731 g/mol. The van der Waals surface area contributed by atoms with E-state index < -0.39 is 51.8 Å². The fourth-order valence-electron chi connectivity index (χ4n) is 6.02. The van der Waals surface area contributed by atoms with E-state index in [1.165, 1.54) is 89.9 Å². The minimum absolute atomic E-state index is 0.178. The first-order chi connectivity index (χ1) is 27.2. The Bertz CT molecular complexity index is 1030. The molecule has 0 aromatic rings. The lowest BCUT2D eigenvalue weighted by atomic mass is 10.1. The summed E-state index contributed by atoms with van der Waals surface area (Å²) in [4.78, 5) is 35.0. The molecule has 0 fully saturated rings. The van der Waals surface area contributed by atoms with Crippen LogP contribution in [0.2, 0.25) is 0 Å². The number of phosphoric ester groups is 1. The molecule has 0 aliphatic carbocycles. The van der Waals surface area contributed by atoms with Crippen molar-refractivity contribution in [3.8, 4) is 0 Å². The molecule has 328 valence electrons. The van der Waals surface area contributed by atoms with Crippen LogP contribution in [-0.4, -0.2) is 65.7 Å². The lowest BCUT2D eigenvalue weighted by Crippen LogP contribution is -2.29. The molecule has 0 aromatic heterocycles. The molecule has 0 saturated carbocycles. The molecule has 0 aliphatic rings. The number of hydrogen-bond acceptors (Lipinski definition) is 9. The standard InChI is InChI=1S/C45H83O10P/c1-3-5-7-9-11-13-15-17-19-20-21-22-23-25-27-29-31-33-35-37-45(49)55-43(41-54-56(50,51)53-39-42(47)38-46)40-52-44(48)36-34-32-30-28-26-24-18-16-14-12-10-8-6-4-2/h11,13,16-19,42-43,46-47H,3-10,12,14-15,20-41H2,1-2H3,(H,50,51)/b13-11-,18-16-,19-17-/t42-,43+/m0/s1. The third-order valence-corrected chi connectivity index (χ3v) is 10.5. The van der Waals surface area contributed by atoms with Gasteiger partial charge in [0.1, 0.15) is 12.7 Å². The molecule has 3 N–H and O–H groups in total. The Kier molecular flexibility index (Phi) is 40.0. The van der Waals surface area contributed by atoms with Crippen molar-refractivity contribution >= 4 is 19.8 Å². The number of aliphatic hydroxyl groups is 2. The second-order valence-electron chi connectivity index (χ2n) is 15.1. The van der Waals surface area contributed by atoms with Crippen LogP contribution in [0.15, 0.2) is 36.5 Å². The minimum atomic E-state index is -4.62. The van der Waals surface area contributed by atoms with Gasteiger partial charge in [0.15, 0.2) is 6.10 Å². The van der Waals surface area contributed by atoms with Gasteiger partial charge in [0.2, 0.25) is 0 Å². The first kappa shape index (κ1) is 54.2. The number of ether oxygens (including phenoxy) is 2. The Morgan fingerprint density at radius 3 is 1.43 bits per heavy atom. The quantitative estimate of drug-likeness (QED) is 0.0235. The lowest BCUT2D eigenvalue weighted by molar-refractivity contribution is -0.161. The van der Waals surface area contributed by atoms with E-state index >= 15 is 0 Å². The Morgan fingerprint density at radius 1 is 0.536 bits per heavy atom. The fourth-order valence-corrected chi connectivity index (χ4v) is 6.81. The molecule has 0 aromatic carbocycles. The van der Waals surface area contributed by atoms with Gasteiger partial charge in [0.25, 0.3) is 0 Å². The number of carbonyl (C=O) groups excluding carboxylic acids is 2. The fraction of sp³-hybridized carbons (Fsp3) is 0.822. The van der Waals surface area contributed by atoms with Crippen LogP contribution in [0.4, 0.5) is 0 Å². The van der Waals surface area contributed by atoms with Crippen LogP contribution in [0.3, 0.4) is 0 Å². The van der Waals surface area contributed by atoms with Crippen molar-refractivity contribution in [3.05, 3.63) is 36.5 Å². The van der Waals surface area contributed by atoms with Crippen molar-refractivity contribution in [2.45, 2.75) is 212 Å². The number of carbonyl (C=O) groups is 2. The maximum atomic E-state index is 12.6. The molecule has 0 aliphatic heterocycles. The molecule has 10 nitrogen and oxygen atoms in total. The molecule has 0 heterocycles. The Labute approximate surface area is 341 Å². The molecule has 0 saturated heterocycles. The molecule has 0 rings (SSSR count). The van der Waals surface area contributed by atoms with Gasteiger partial charge < -0.3 is 24.6 Å². The molecular formula is C45H83O10P. The molecule has 56 heavy (non-hydrogen) atoms. The SMILES string of the molecule is CCCCC/C=C\C/C=C\CCCCCCCCCCCC(=O)O[C@H](COC(=O)CCCCCCC/C=C\CCCCCCC)COP(=O)(O)OC[C@@H](O)CO. The highest BCUT2D eigenvalue weighted by Gasteiger charge is 2.27. The van der Waals surface area contributed by atoms with Gasteiger partial charge in [-0.15, -0.1) is 0 Å². The van der Waals surface area contributed by atoms with Gasteiger partial charge in [-0.2, -0.15) is 0 Å². The van der Waals surface area contributed by atoms with E-state index in [1.54, 1.807) is 0 Å². The van der Waals surface area contributed by atoms with Gasteiger partial charge in [-0.3, -0.25) is 18.6 Å². The van der Waals surface area contributed by atoms with E-state index in [0.29, 0.717) is 12.8 Å². The largest absolute Gasteiger partial charge is 0.472 e. The van der Waals surface area contributed by atoms with Crippen molar-refractivity contribution in [3.63, 3.8) is 0 Å². The summed E-state index contributed by atoms with van der Waals surface area (Å²) in [5.74, 6) is -0.936. The normalized spacial score (nSPS) is 14.2. The van der Waals surface area contributed by atoms with E-state index in [0.717, 1.165) is 70.6 Å². The van der Waals surface area contributed by atoms with Crippen LogP contribution in [0.5, 0.6) is 0 Å². The monoisotopic (exact) mass is 815 g/mol. The van der Waals surface area contributed by atoms with Gasteiger partial charge in [0, 0.05) is 12.8 Å². The number of unbranched alkanes of at least 4 members (excludes halogenated alkanes) is 22. The van der Waals surface area contributed by atoms with Crippen LogP contribution in [0.1, 0.15) is 200 Å². The first-order valence-electron chi connectivity index (χ1n) is 22.4. The summed E-state index contributed by atoms with van der Waals surface area (Å²) in [6.07, 6.45) is 42.5. The topological polar surface area (TPSA) is 149 Å². The Morgan fingerprint density at radius 2 is 0.929 bits per heavy atom. The zero-order valence-electron chi connectivity index (χ0n) is 35.6. The summed E-state index contributed by atoms with van der Waals surface area (Å²) < 4.78 is 32.7. The van der Waals surface area contributed by atoms with E-state index in [4.69, 9.17) is 23.6 Å². The first-order valence-corrected chi connectivity index (χ1v) is 23.9. The zero-order chi connectivity index (χ0) is 41.2. The maximum absolute atomic E-state index is 12.6. The molecule has 1 unspecified atom stereocenters. The van der Waals surface area contributed by atoms with E-state index in [9.17, 15) is 24.2 Å². The molecule has 0 radical (unpaired) electrons. The van der Waals surface area contributed by atoms with Crippen molar-refractivity contribution < 1.29 is 47.8 Å². The molecule has 0 spiro atoms. The number of aliphatic hydroxyl groups excluding tert-OH is 2. The Balaban J connectivity index is 4.27. The van der Waals surface area contributed by atoms with Crippen LogP contribution >= 0.6 is 7.82 Å². The molecule has 0 amide bonds. The van der Waals surface area contributed by atoms with Crippen LogP contribution < -0.4 is 0 Å². The summed E-state index contributed by atoms with van der Waals surface area (Å²) in [7, 11) is -4.62. The maximum Gasteiger partial charge on any atom is 0.472 e.